The fourth-order valence-corrected chi connectivity index (χ4v) is 3.22. The van der Waals surface area contributed by atoms with E-state index in [4.69, 9.17) is 16.7 Å². The molecule has 2 rings (SSSR count). The molecule has 0 bridgehead atoms. The first-order chi connectivity index (χ1) is 10.3. The highest BCUT2D eigenvalue weighted by molar-refractivity contribution is 6.41. The van der Waals surface area contributed by atoms with Crippen molar-refractivity contribution in [1.82, 2.24) is 5.32 Å². The van der Waals surface area contributed by atoms with Crippen LogP contribution in [0, 0.1) is 0 Å². The Morgan fingerprint density at radius 2 is 2.14 bits per heavy atom. The lowest BCUT2D eigenvalue weighted by Gasteiger charge is -2.21. The van der Waals surface area contributed by atoms with Gasteiger partial charge >= 0.3 is 11.8 Å². The van der Waals surface area contributed by atoms with Gasteiger partial charge in [-0.1, -0.05) is 38.4 Å². The van der Waals surface area contributed by atoms with Crippen molar-refractivity contribution in [3.05, 3.63) is 28.8 Å². The summed E-state index contributed by atoms with van der Waals surface area (Å²) in [5, 5.41) is 12.3. The number of rotatable bonds is 3. The van der Waals surface area contributed by atoms with Gasteiger partial charge in [-0.15, -0.1) is 0 Å². The van der Waals surface area contributed by atoms with Crippen LogP contribution in [0.2, 0.25) is 5.02 Å². The lowest BCUT2D eigenvalue weighted by atomic mass is 9.87. The van der Waals surface area contributed by atoms with E-state index in [0.717, 1.165) is 5.56 Å². The summed E-state index contributed by atoms with van der Waals surface area (Å²) in [7, 11) is 0. The number of halogens is 1. The third-order valence-corrected chi connectivity index (χ3v) is 4.32. The van der Waals surface area contributed by atoms with Gasteiger partial charge in [0.25, 0.3) is 0 Å². The first-order valence-electron chi connectivity index (χ1n) is 7.34. The van der Waals surface area contributed by atoms with Gasteiger partial charge in [-0.2, -0.15) is 0 Å². The number of anilines is 1. The molecule has 2 amide bonds. The monoisotopic (exact) mass is 324 g/mol. The van der Waals surface area contributed by atoms with E-state index in [-0.39, 0.29) is 12.0 Å². The van der Waals surface area contributed by atoms with Crippen LogP contribution in [0.4, 0.5) is 5.69 Å². The molecule has 1 aromatic carbocycles. The Balaban J connectivity index is 2.27. The lowest BCUT2D eigenvalue weighted by molar-refractivity contribution is -0.138. The number of hydrogen-bond donors (Lipinski definition) is 2. The molecule has 2 N–H and O–H groups in total. The number of benzene rings is 1. The Hall–Kier alpha value is -1.59. The number of amides is 2. The number of aliphatic hydroxyl groups excluding tert-OH is 1. The van der Waals surface area contributed by atoms with E-state index in [1.807, 2.05) is 20.8 Å². The lowest BCUT2D eigenvalue weighted by Crippen LogP contribution is -2.48. The van der Waals surface area contributed by atoms with Gasteiger partial charge in [-0.3, -0.25) is 9.59 Å². The Morgan fingerprint density at radius 1 is 1.45 bits per heavy atom. The van der Waals surface area contributed by atoms with Gasteiger partial charge in [0.2, 0.25) is 0 Å². The van der Waals surface area contributed by atoms with E-state index in [0.29, 0.717) is 23.7 Å². The maximum Gasteiger partial charge on any atom is 0.316 e. The molecule has 0 saturated heterocycles. The maximum absolute atomic E-state index is 12.5. The van der Waals surface area contributed by atoms with E-state index in [1.54, 1.807) is 18.2 Å². The zero-order valence-corrected chi connectivity index (χ0v) is 13.8. The smallest absolute Gasteiger partial charge is 0.316 e. The number of nitrogens with zero attached hydrogens (tertiary/aromatic N) is 1. The number of carbonyl (C=O) groups excluding carboxylic acids is 2. The van der Waals surface area contributed by atoms with E-state index < -0.39 is 17.9 Å². The summed E-state index contributed by atoms with van der Waals surface area (Å²) >= 11 is 6.26. The Kier molecular flexibility index (Phi) is 4.78. The van der Waals surface area contributed by atoms with Gasteiger partial charge < -0.3 is 15.3 Å². The summed E-state index contributed by atoms with van der Waals surface area (Å²) in [6, 6.07) is 4.94. The van der Waals surface area contributed by atoms with Crippen molar-refractivity contribution in [2.24, 2.45) is 0 Å². The predicted octanol–water partition coefficient (Wildman–Crippen LogP) is 1.85. The average molecular weight is 325 g/mol. The highest BCUT2D eigenvalue weighted by Gasteiger charge is 2.41. The van der Waals surface area contributed by atoms with E-state index >= 15 is 0 Å². The first kappa shape index (κ1) is 16.8. The first-order valence-corrected chi connectivity index (χ1v) is 7.71. The highest BCUT2D eigenvalue weighted by Crippen LogP contribution is 2.44. The summed E-state index contributed by atoms with van der Waals surface area (Å²) in [5.74, 6) is -1.33. The Labute approximate surface area is 135 Å². The molecule has 0 spiro atoms. The van der Waals surface area contributed by atoms with E-state index in [1.165, 1.54) is 4.90 Å². The average Bonchev–Trinajstić information content (AvgIpc) is 2.76. The Bertz CT molecular complexity index is 597. The predicted molar refractivity (Wildman–Crippen MR) is 86.1 cm³/mol. The maximum atomic E-state index is 12.5. The van der Waals surface area contributed by atoms with Crippen molar-refractivity contribution in [3.8, 4) is 0 Å². The molecule has 0 radical (unpaired) electrons. The summed E-state index contributed by atoms with van der Waals surface area (Å²) in [6.07, 6.45) is 0.559. The second kappa shape index (κ2) is 6.26. The van der Waals surface area contributed by atoms with E-state index in [2.05, 4.69) is 5.32 Å². The van der Waals surface area contributed by atoms with Crippen LogP contribution in [0.3, 0.4) is 0 Å². The summed E-state index contributed by atoms with van der Waals surface area (Å²) in [4.78, 5) is 26.0. The summed E-state index contributed by atoms with van der Waals surface area (Å²) in [5.41, 5.74) is 1.24. The van der Waals surface area contributed by atoms with Crippen LogP contribution >= 0.6 is 11.6 Å². The van der Waals surface area contributed by atoms with Crippen LogP contribution < -0.4 is 10.2 Å². The zero-order valence-electron chi connectivity index (χ0n) is 13.0. The van der Waals surface area contributed by atoms with Gasteiger partial charge in [-0.25, -0.2) is 0 Å². The molecular formula is C16H21ClN2O3. The molecule has 0 aromatic heterocycles. The van der Waals surface area contributed by atoms with Crippen LogP contribution in [0.15, 0.2) is 18.2 Å². The minimum Gasteiger partial charge on any atom is -0.394 e. The normalized spacial score (nSPS) is 17.0. The topological polar surface area (TPSA) is 69.6 Å². The molecule has 6 heteroatoms. The second-order valence-corrected chi connectivity index (χ2v) is 6.58. The van der Waals surface area contributed by atoms with Crippen LogP contribution in [-0.4, -0.2) is 36.1 Å². The number of nitrogens with one attached hydrogen (secondary N) is 1. The molecule has 0 aliphatic carbocycles. The third-order valence-electron chi connectivity index (χ3n) is 4.00. The molecule has 120 valence electrons. The number of fused-ring (bicyclic) bond motifs is 1. The van der Waals surface area contributed by atoms with Crippen molar-refractivity contribution in [2.75, 3.05) is 18.1 Å². The summed E-state index contributed by atoms with van der Waals surface area (Å²) in [6.45, 7) is 6.02. The van der Waals surface area contributed by atoms with Crippen LogP contribution in [0.1, 0.15) is 32.8 Å². The number of aliphatic hydroxyl groups is 1. The SMILES string of the molecule is CCC(CO)NC(=O)C(=O)N1CC(C)(C)c2c(Cl)cccc21. The van der Waals surface area contributed by atoms with Crippen molar-refractivity contribution in [2.45, 2.75) is 38.6 Å². The van der Waals surface area contributed by atoms with Crippen LogP contribution in [-0.2, 0) is 15.0 Å². The fourth-order valence-electron chi connectivity index (χ4n) is 2.79. The molecule has 1 aliphatic rings. The molecule has 5 nitrogen and oxygen atoms in total. The number of carbonyl (C=O) groups is 2. The zero-order chi connectivity index (χ0) is 16.5. The largest absolute Gasteiger partial charge is 0.394 e. The van der Waals surface area contributed by atoms with Crippen molar-refractivity contribution in [3.63, 3.8) is 0 Å². The molecule has 1 heterocycles. The van der Waals surface area contributed by atoms with Crippen molar-refractivity contribution >= 4 is 29.1 Å². The molecule has 1 aliphatic heterocycles. The molecular weight excluding hydrogens is 304 g/mol. The molecule has 0 fully saturated rings. The molecule has 0 saturated carbocycles. The summed E-state index contributed by atoms with van der Waals surface area (Å²) < 4.78 is 0. The van der Waals surface area contributed by atoms with Gasteiger partial charge in [-0.05, 0) is 18.6 Å². The van der Waals surface area contributed by atoms with Crippen LogP contribution in [0.25, 0.3) is 0 Å². The van der Waals surface area contributed by atoms with E-state index in [9.17, 15) is 9.59 Å². The minimum atomic E-state index is -0.704. The Morgan fingerprint density at radius 3 is 2.73 bits per heavy atom. The number of hydrogen-bond acceptors (Lipinski definition) is 3. The minimum absolute atomic E-state index is 0.191. The van der Waals surface area contributed by atoms with Gasteiger partial charge in [0.1, 0.15) is 0 Å². The quantitative estimate of drug-likeness (QED) is 0.834. The highest BCUT2D eigenvalue weighted by atomic mass is 35.5. The fraction of sp³-hybridized carbons (Fsp3) is 0.500. The standard InChI is InChI=1S/C16H21ClN2O3/c1-4-10(8-20)18-14(21)15(22)19-9-16(2,3)13-11(17)6-5-7-12(13)19/h5-7,10,20H,4,8-9H2,1-3H3,(H,18,21). The molecule has 1 aromatic rings. The third kappa shape index (κ3) is 2.96. The molecule has 1 unspecified atom stereocenters. The molecule has 1 atom stereocenters. The van der Waals surface area contributed by atoms with Crippen molar-refractivity contribution < 1.29 is 14.7 Å². The van der Waals surface area contributed by atoms with Gasteiger partial charge in [0.05, 0.1) is 12.6 Å². The van der Waals surface area contributed by atoms with Crippen LogP contribution in [0.5, 0.6) is 0 Å². The second-order valence-electron chi connectivity index (χ2n) is 6.17. The van der Waals surface area contributed by atoms with Crippen molar-refractivity contribution in [1.29, 1.82) is 0 Å². The van der Waals surface area contributed by atoms with Gasteiger partial charge in [0.15, 0.2) is 0 Å². The van der Waals surface area contributed by atoms with Gasteiger partial charge in [0, 0.05) is 28.2 Å². The molecule has 22 heavy (non-hydrogen) atoms.